The van der Waals surface area contributed by atoms with Gasteiger partial charge in [-0.1, -0.05) is 42.8 Å². The fraction of sp³-hybridized carbons (Fsp3) is 0.269. The van der Waals surface area contributed by atoms with Crippen LogP contribution in [-0.4, -0.2) is 39.1 Å². The van der Waals surface area contributed by atoms with E-state index in [0.717, 1.165) is 47.2 Å². The Morgan fingerprint density at radius 1 is 0.938 bits per heavy atom. The van der Waals surface area contributed by atoms with Crippen molar-refractivity contribution in [1.82, 2.24) is 25.4 Å². The Hall–Kier alpha value is -3.51. The molecular weight excluding hydrogens is 398 g/mol. The minimum atomic E-state index is -0.186. The molecule has 1 saturated heterocycles. The van der Waals surface area contributed by atoms with Crippen LogP contribution >= 0.6 is 0 Å². The molecule has 0 bridgehead atoms. The van der Waals surface area contributed by atoms with Crippen LogP contribution in [0.4, 0.5) is 0 Å². The summed E-state index contributed by atoms with van der Waals surface area (Å²) in [6.45, 7) is 3.72. The first-order chi connectivity index (χ1) is 15.8. The molecule has 0 aliphatic carbocycles. The number of H-pyrrole nitrogens is 1. The molecule has 2 aromatic carbocycles. The van der Waals surface area contributed by atoms with Crippen molar-refractivity contribution in [1.29, 1.82) is 0 Å². The summed E-state index contributed by atoms with van der Waals surface area (Å²) in [4.78, 5) is 19.8. The van der Waals surface area contributed by atoms with E-state index in [4.69, 9.17) is 0 Å². The number of carbonyl (C=O) groups excluding carboxylic acids is 1. The third kappa shape index (κ3) is 4.55. The summed E-state index contributed by atoms with van der Waals surface area (Å²) in [7, 11) is 0. The zero-order valence-electron chi connectivity index (χ0n) is 18.1. The Bertz CT molecular complexity index is 1210. The van der Waals surface area contributed by atoms with Gasteiger partial charge < -0.3 is 5.32 Å². The average molecular weight is 426 g/mol. The van der Waals surface area contributed by atoms with Crippen LogP contribution in [0.5, 0.6) is 0 Å². The maximum absolute atomic E-state index is 12.8. The normalized spacial score (nSPS) is 14.5. The number of nitrogens with one attached hydrogen (secondary N) is 2. The first kappa shape index (κ1) is 20.4. The number of hydrogen-bond acceptors (Lipinski definition) is 4. The largest absolute Gasteiger partial charge is 0.347 e. The van der Waals surface area contributed by atoms with Gasteiger partial charge in [0.1, 0.15) is 0 Å². The van der Waals surface area contributed by atoms with E-state index in [9.17, 15) is 4.79 Å². The lowest BCUT2D eigenvalue weighted by Crippen LogP contribution is -2.29. The Morgan fingerprint density at radius 2 is 1.78 bits per heavy atom. The van der Waals surface area contributed by atoms with E-state index < -0.39 is 0 Å². The lowest BCUT2D eigenvalue weighted by atomic mass is 10.0. The highest BCUT2D eigenvalue weighted by Gasteiger charge is 2.16. The van der Waals surface area contributed by atoms with E-state index in [1.807, 2.05) is 60.9 Å². The van der Waals surface area contributed by atoms with Crippen LogP contribution in [0, 0.1) is 0 Å². The first-order valence-electron chi connectivity index (χ1n) is 11.2. The predicted molar refractivity (Wildman–Crippen MR) is 126 cm³/mol. The molecule has 0 spiro atoms. The molecule has 1 aliphatic heterocycles. The number of aromatic nitrogens is 3. The van der Waals surface area contributed by atoms with Crippen LogP contribution in [0.25, 0.3) is 22.0 Å². The van der Waals surface area contributed by atoms with Gasteiger partial charge in [0.2, 0.25) is 0 Å². The van der Waals surface area contributed by atoms with Crippen LogP contribution in [0.15, 0.2) is 67.0 Å². The van der Waals surface area contributed by atoms with Gasteiger partial charge in [-0.25, -0.2) is 0 Å². The number of hydrogen-bond donors (Lipinski definition) is 2. The van der Waals surface area contributed by atoms with Crippen molar-refractivity contribution < 1.29 is 4.79 Å². The SMILES string of the molecule is O=C(NCc1ccccc1)c1n[nH]c2ccc(-c3cncc(CN4CCCCC4)c3)cc12. The standard InChI is InChI=1S/C26H27N5O/c32-26(28-16-19-7-3-1-4-8-19)25-23-14-21(9-10-24(23)29-30-25)22-13-20(15-27-17-22)18-31-11-5-2-6-12-31/h1,3-4,7-10,13-15,17H,2,5-6,11-12,16,18H2,(H,28,32)(H,29,30). The summed E-state index contributed by atoms with van der Waals surface area (Å²) in [5.41, 5.74) is 5.61. The fourth-order valence-corrected chi connectivity index (χ4v) is 4.34. The maximum atomic E-state index is 12.8. The second kappa shape index (κ2) is 9.32. The van der Waals surface area contributed by atoms with Gasteiger partial charge in [0.05, 0.1) is 5.52 Å². The number of carbonyl (C=O) groups is 1. The highest BCUT2D eigenvalue weighted by atomic mass is 16.1. The molecule has 1 aliphatic rings. The number of benzene rings is 2. The number of likely N-dealkylation sites (tertiary alicyclic amines) is 1. The number of rotatable bonds is 6. The van der Waals surface area contributed by atoms with Crippen molar-refractivity contribution >= 4 is 16.8 Å². The molecule has 162 valence electrons. The smallest absolute Gasteiger partial charge is 0.272 e. The van der Waals surface area contributed by atoms with Crippen LogP contribution in [0.2, 0.25) is 0 Å². The zero-order valence-corrected chi connectivity index (χ0v) is 18.1. The number of pyridine rings is 1. The van der Waals surface area contributed by atoms with E-state index >= 15 is 0 Å². The van der Waals surface area contributed by atoms with Crippen LogP contribution in [0.3, 0.4) is 0 Å². The summed E-state index contributed by atoms with van der Waals surface area (Å²) in [5.74, 6) is -0.186. The van der Waals surface area contributed by atoms with Crippen LogP contribution in [-0.2, 0) is 13.1 Å². The molecule has 1 fully saturated rings. The molecule has 3 heterocycles. The molecule has 0 radical (unpaired) electrons. The minimum absolute atomic E-state index is 0.186. The molecule has 6 heteroatoms. The van der Waals surface area contributed by atoms with Crippen LogP contribution in [0.1, 0.15) is 40.9 Å². The highest BCUT2D eigenvalue weighted by Crippen LogP contribution is 2.26. The molecule has 0 unspecified atom stereocenters. The van der Waals surface area contributed by atoms with Crippen LogP contribution < -0.4 is 5.32 Å². The lowest BCUT2D eigenvalue weighted by molar-refractivity contribution is 0.0947. The fourth-order valence-electron chi connectivity index (χ4n) is 4.34. The molecule has 1 amide bonds. The van der Waals surface area contributed by atoms with E-state index in [1.54, 1.807) is 0 Å². The summed E-state index contributed by atoms with van der Waals surface area (Å²) < 4.78 is 0. The number of fused-ring (bicyclic) bond motifs is 1. The van der Waals surface area contributed by atoms with Crippen molar-refractivity contribution in [3.05, 3.63) is 83.8 Å². The lowest BCUT2D eigenvalue weighted by Gasteiger charge is -2.26. The monoisotopic (exact) mass is 425 g/mol. The topological polar surface area (TPSA) is 73.9 Å². The Balaban J connectivity index is 1.36. The second-order valence-electron chi connectivity index (χ2n) is 8.42. The Labute approximate surface area is 187 Å². The van der Waals surface area contributed by atoms with Gasteiger partial charge in [-0.05, 0) is 60.8 Å². The molecule has 5 rings (SSSR count). The molecule has 0 atom stereocenters. The van der Waals surface area contributed by atoms with Crippen molar-refractivity contribution in [3.8, 4) is 11.1 Å². The summed E-state index contributed by atoms with van der Waals surface area (Å²) in [5, 5.41) is 11.0. The third-order valence-corrected chi connectivity index (χ3v) is 6.06. The molecule has 0 saturated carbocycles. The van der Waals surface area contributed by atoms with E-state index in [1.165, 1.54) is 24.8 Å². The summed E-state index contributed by atoms with van der Waals surface area (Å²) in [6.07, 6.45) is 7.73. The first-order valence-corrected chi connectivity index (χ1v) is 11.2. The van der Waals surface area contributed by atoms with Gasteiger partial charge in [-0.15, -0.1) is 0 Å². The maximum Gasteiger partial charge on any atom is 0.272 e. The Morgan fingerprint density at radius 3 is 2.62 bits per heavy atom. The average Bonchev–Trinajstić information content (AvgIpc) is 3.27. The van der Waals surface area contributed by atoms with Gasteiger partial charge >= 0.3 is 0 Å². The minimum Gasteiger partial charge on any atom is -0.347 e. The molecule has 2 N–H and O–H groups in total. The third-order valence-electron chi connectivity index (χ3n) is 6.06. The van der Waals surface area contributed by atoms with Crippen molar-refractivity contribution in [2.75, 3.05) is 13.1 Å². The number of amides is 1. The van der Waals surface area contributed by atoms with E-state index in [0.29, 0.717) is 12.2 Å². The van der Waals surface area contributed by atoms with Gasteiger partial charge in [0.25, 0.3) is 5.91 Å². The number of piperidine rings is 1. The summed E-state index contributed by atoms with van der Waals surface area (Å²) >= 11 is 0. The van der Waals surface area contributed by atoms with Crippen molar-refractivity contribution in [2.45, 2.75) is 32.4 Å². The zero-order chi connectivity index (χ0) is 21.8. The van der Waals surface area contributed by atoms with Crippen molar-refractivity contribution in [2.24, 2.45) is 0 Å². The van der Waals surface area contributed by atoms with Gasteiger partial charge in [0, 0.05) is 36.4 Å². The molecular formula is C26H27N5O. The number of aromatic amines is 1. The molecule has 32 heavy (non-hydrogen) atoms. The summed E-state index contributed by atoms with van der Waals surface area (Å²) in [6, 6.07) is 18.1. The predicted octanol–water partition coefficient (Wildman–Crippen LogP) is 4.54. The quantitative estimate of drug-likeness (QED) is 0.476. The van der Waals surface area contributed by atoms with Gasteiger partial charge in [0.15, 0.2) is 5.69 Å². The Kier molecular flexibility index (Phi) is 5.94. The molecule has 2 aromatic heterocycles. The molecule has 6 nitrogen and oxygen atoms in total. The van der Waals surface area contributed by atoms with Crippen molar-refractivity contribution in [3.63, 3.8) is 0 Å². The van der Waals surface area contributed by atoms with Gasteiger partial charge in [-0.3, -0.25) is 19.8 Å². The molecule has 4 aromatic rings. The second-order valence-corrected chi connectivity index (χ2v) is 8.42. The highest BCUT2D eigenvalue weighted by molar-refractivity contribution is 6.05. The van der Waals surface area contributed by atoms with Gasteiger partial charge in [-0.2, -0.15) is 5.10 Å². The van der Waals surface area contributed by atoms with E-state index in [2.05, 4.69) is 31.5 Å². The number of nitrogens with zero attached hydrogens (tertiary/aromatic N) is 3. The van der Waals surface area contributed by atoms with E-state index in [-0.39, 0.29) is 5.91 Å².